The highest BCUT2D eigenvalue weighted by atomic mass is 15.0. The summed E-state index contributed by atoms with van der Waals surface area (Å²) in [5, 5.41) is 0. The summed E-state index contributed by atoms with van der Waals surface area (Å²) in [6.07, 6.45) is 5.81. The Labute approximate surface area is 110 Å². The molecule has 3 heteroatoms. The summed E-state index contributed by atoms with van der Waals surface area (Å²) in [6.45, 7) is 8.85. The predicted octanol–water partition coefficient (Wildman–Crippen LogP) is 3.61. The highest BCUT2D eigenvalue weighted by molar-refractivity contribution is 5.42. The van der Waals surface area contributed by atoms with Gasteiger partial charge in [0, 0.05) is 17.2 Å². The highest BCUT2D eigenvalue weighted by Gasteiger charge is 2.29. The molecule has 2 N–H and O–H groups in total. The minimum atomic E-state index is 0.487. The zero-order valence-corrected chi connectivity index (χ0v) is 12.1. The van der Waals surface area contributed by atoms with Crippen LogP contribution in [0.5, 0.6) is 0 Å². The second-order valence-corrected chi connectivity index (χ2v) is 6.32. The van der Waals surface area contributed by atoms with Crippen LogP contribution in [0.2, 0.25) is 0 Å². The van der Waals surface area contributed by atoms with Gasteiger partial charge >= 0.3 is 0 Å². The molecule has 0 aromatic carbocycles. The summed E-state index contributed by atoms with van der Waals surface area (Å²) < 4.78 is 0. The molecule has 0 unspecified atom stereocenters. The minimum absolute atomic E-state index is 0.487. The van der Waals surface area contributed by atoms with E-state index in [2.05, 4.69) is 30.7 Å². The second-order valence-electron chi connectivity index (χ2n) is 6.32. The quantitative estimate of drug-likeness (QED) is 0.868. The lowest BCUT2D eigenvalue weighted by Gasteiger charge is -2.33. The van der Waals surface area contributed by atoms with Crippen LogP contribution < -0.4 is 5.73 Å². The van der Waals surface area contributed by atoms with Crippen LogP contribution >= 0.6 is 0 Å². The zero-order chi connectivity index (χ0) is 13.3. The van der Waals surface area contributed by atoms with E-state index in [1.54, 1.807) is 0 Å². The Balaban J connectivity index is 2.20. The Bertz CT molecular complexity index is 404. The van der Waals surface area contributed by atoms with Crippen LogP contribution in [0.25, 0.3) is 0 Å². The number of hydrogen-bond acceptors (Lipinski definition) is 3. The summed E-state index contributed by atoms with van der Waals surface area (Å²) in [5.74, 6) is 2.16. The molecule has 0 bridgehead atoms. The van der Waals surface area contributed by atoms with Gasteiger partial charge in [0.2, 0.25) is 0 Å². The van der Waals surface area contributed by atoms with Gasteiger partial charge in [-0.2, -0.15) is 0 Å². The average molecular weight is 247 g/mol. The minimum Gasteiger partial charge on any atom is -0.383 e. The Morgan fingerprint density at radius 2 is 1.83 bits per heavy atom. The fourth-order valence-corrected chi connectivity index (χ4v) is 2.92. The number of nitrogens with zero attached hydrogens (tertiary/aromatic N) is 2. The molecule has 2 rings (SSSR count). The van der Waals surface area contributed by atoms with Crippen molar-refractivity contribution in [2.45, 2.75) is 65.7 Å². The van der Waals surface area contributed by atoms with E-state index in [4.69, 9.17) is 5.73 Å². The molecule has 1 aliphatic rings. The topological polar surface area (TPSA) is 51.8 Å². The standard InChI is InChI=1S/C15H25N3/c1-5-12-10(2)17-14(18-13(12)16)11-6-8-15(3,4)9-7-11/h11H,5-9H2,1-4H3,(H2,16,17,18). The molecule has 3 nitrogen and oxygen atoms in total. The monoisotopic (exact) mass is 247 g/mol. The first-order chi connectivity index (χ1) is 8.43. The molecule has 1 aromatic heterocycles. The number of rotatable bonds is 2. The van der Waals surface area contributed by atoms with E-state index in [-0.39, 0.29) is 0 Å². The van der Waals surface area contributed by atoms with Gasteiger partial charge in [-0.1, -0.05) is 20.8 Å². The van der Waals surface area contributed by atoms with E-state index < -0.39 is 0 Å². The lowest BCUT2D eigenvalue weighted by Crippen LogP contribution is -2.22. The Morgan fingerprint density at radius 1 is 1.22 bits per heavy atom. The van der Waals surface area contributed by atoms with E-state index in [0.29, 0.717) is 17.2 Å². The fraction of sp³-hybridized carbons (Fsp3) is 0.733. The smallest absolute Gasteiger partial charge is 0.134 e. The number of nitrogens with two attached hydrogens (primary N) is 1. The van der Waals surface area contributed by atoms with E-state index >= 15 is 0 Å². The van der Waals surface area contributed by atoms with Crippen molar-refractivity contribution in [3.05, 3.63) is 17.1 Å². The Hall–Kier alpha value is -1.12. The van der Waals surface area contributed by atoms with E-state index in [0.717, 1.165) is 23.5 Å². The van der Waals surface area contributed by atoms with Crippen molar-refractivity contribution in [3.63, 3.8) is 0 Å². The van der Waals surface area contributed by atoms with Crippen molar-refractivity contribution in [2.75, 3.05) is 5.73 Å². The lowest BCUT2D eigenvalue weighted by molar-refractivity contribution is 0.220. The maximum atomic E-state index is 6.04. The van der Waals surface area contributed by atoms with Crippen molar-refractivity contribution < 1.29 is 0 Å². The zero-order valence-electron chi connectivity index (χ0n) is 12.1. The Morgan fingerprint density at radius 3 is 2.33 bits per heavy atom. The van der Waals surface area contributed by atoms with Crippen LogP contribution in [-0.2, 0) is 6.42 Å². The van der Waals surface area contributed by atoms with Gasteiger partial charge in [0.1, 0.15) is 11.6 Å². The summed E-state index contributed by atoms with van der Waals surface area (Å²) >= 11 is 0. The number of nitrogen functional groups attached to an aromatic ring is 1. The van der Waals surface area contributed by atoms with Crippen LogP contribution in [0.1, 0.15) is 69.5 Å². The summed E-state index contributed by atoms with van der Waals surface area (Å²) in [4.78, 5) is 9.23. The van der Waals surface area contributed by atoms with Gasteiger partial charge in [-0.25, -0.2) is 9.97 Å². The van der Waals surface area contributed by atoms with Crippen LogP contribution in [0.3, 0.4) is 0 Å². The second kappa shape index (κ2) is 4.87. The van der Waals surface area contributed by atoms with E-state index in [1.807, 2.05) is 6.92 Å². The van der Waals surface area contributed by atoms with E-state index in [9.17, 15) is 0 Å². The molecule has 0 atom stereocenters. The molecule has 1 saturated carbocycles. The van der Waals surface area contributed by atoms with E-state index in [1.165, 1.54) is 25.7 Å². The lowest BCUT2D eigenvalue weighted by atomic mass is 9.73. The predicted molar refractivity (Wildman–Crippen MR) is 75.5 cm³/mol. The molecule has 100 valence electrons. The van der Waals surface area contributed by atoms with Crippen molar-refractivity contribution in [1.29, 1.82) is 0 Å². The maximum absolute atomic E-state index is 6.04. The molecule has 0 saturated heterocycles. The molecule has 0 spiro atoms. The molecule has 1 aromatic rings. The van der Waals surface area contributed by atoms with Crippen molar-refractivity contribution in [1.82, 2.24) is 9.97 Å². The Kier molecular flexibility index (Phi) is 3.60. The van der Waals surface area contributed by atoms with Gasteiger partial charge in [-0.15, -0.1) is 0 Å². The fourth-order valence-electron chi connectivity index (χ4n) is 2.92. The van der Waals surface area contributed by atoms with Gasteiger partial charge in [-0.05, 0) is 44.4 Å². The van der Waals surface area contributed by atoms with Gasteiger partial charge in [-0.3, -0.25) is 0 Å². The normalized spacial score (nSPS) is 20.0. The van der Waals surface area contributed by atoms with Crippen LogP contribution in [-0.4, -0.2) is 9.97 Å². The first-order valence-corrected chi connectivity index (χ1v) is 7.06. The SMILES string of the molecule is CCc1c(C)nc(C2CCC(C)(C)CC2)nc1N. The molecule has 0 amide bonds. The first-order valence-electron chi connectivity index (χ1n) is 7.06. The summed E-state index contributed by atoms with van der Waals surface area (Å²) in [7, 11) is 0. The molecule has 18 heavy (non-hydrogen) atoms. The first kappa shape index (κ1) is 13.3. The van der Waals surface area contributed by atoms with Gasteiger partial charge in [0.05, 0.1) is 0 Å². The third-order valence-electron chi connectivity index (χ3n) is 4.32. The third kappa shape index (κ3) is 2.65. The molecular weight excluding hydrogens is 222 g/mol. The van der Waals surface area contributed by atoms with Crippen molar-refractivity contribution in [3.8, 4) is 0 Å². The average Bonchev–Trinajstić information content (AvgIpc) is 2.28. The summed E-state index contributed by atoms with van der Waals surface area (Å²) in [6, 6.07) is 0. The molecule has 0 aliphatic heterocycles. The van der Waals surface area contributed by atoms with Crippen molar-refractivity contribution in [2.24, 2.45) is 5.41 Å². The number of aryl methyl sites for hydroxylation is 1. The number of aromatic nitrogens is 2. The van der Waals surface area contributed by atoms with Gasteiger partial charge < -0.3 is 5.73 Å². The third-order valence-corrected chi connectivity index (χ3v) is 4.32. The largest absolute Gasteiger partial charge is 0.383 e. The molecule has 0 radical (unpaired) electrons. The van der Waals surface area contributed by atoms with Crippen LogP contribution in [0, 0.1) is 12.3 Å². The molecule has 1 aliphatic carbocycles. The number of hydrogen-bond donors (Lipinski definition) is 1. The highest BCUT2D eigenvalue weighted by Crippen LogP contribution is 2.41. The van der Waals surface area contributed by atoms with Gasteiger partial charge in [0.15, 0.2) is 0 Å². The molecule has 1 heterocycles. The van der Waals surface area contributed by atoms with Gasteiger partial charge in [0.25, 0.3) is 0 Å². The number of anilines is 1. The van der Waals surface area contributed by atoms with Crippen LogP contribution in [0.15, 0.2) is 0 Å². The summed E-state index contributed by atoms with van der Waals surface area (Å²) in [5.41, 5.74) is 8.69. The maximum Gasteiger partial charge on any atom is 0.134 e. The molecule has 1 fully saturated rings. The van der Waals surface area contributed by atoms with Crippen molar-refractivity contribution >= 4 is 5.82 Å². The molecular formula is C15H25N3. The van der Waals surface area contributed by atoms with Crippen LogP contribution in [0.4, 0.5) is 5.82 Å².